The number of aliphatic hydroxyl groups is 1. The van der Waals surface area contributed by atoms with Crippen LogP contribution < -0.4 is 0 Å². The Balaban J connectivity index is 2.22. The molecule has 1 fully saturated rings. The van der Waals surface area contributed by atoms with Crippen LogP contribution in [0.2, 0.25) is 0 Å². The van der Waals surface area contributed by atoms with E-state index in [0.717, 1.165) is 10.8 Å². The summed E-state index contributed by atoms with van der Waals surface area (Å²) in [6.07, 6.45) is -1.70. The molecular weight excluding hydrogens is 197 g/mol. The maximum absolute atomic E-state index is 12.4. The highest BCUT2D eigenvalue weighted by atomic mass is 19.4. The Bertz CT molecular complexity index is 328. The van der Waals surface area contributed by atoms with Crippen LogP contribution in [-0.2, 0) is 6.18 Å². The maximum atomic E-state index is 12.4. The number of aliphatic hydroxyl groups excluding tert-OH is 1. The van der Waals surface area contributed by atoms with Crippen molar-refractivity contribution in [2.24, 2.45) is 0 Å². The van der Waals surface area contributed by atoms with E-state index < -0.39 is 18.1 Å². The molecule has 1 aliphatic carbocycles. The second-order valence-electron chi connectivity index (χ2n) is 3.43. The third-order valence-electron chi connectivity index (χ3n) is 2.40. The Kier molecular flexibility index (Phi) is 2.02. The average molecular weight is 206 g/mol. The van der Waals surface area contributed by atoms with Gasteiger partial charge in [0.15, 0.2) is 0 Å². The van der Waals surface area contributed by atoms with Gasteiger partial charge in [0.05, 0.1) is 6.10 Å². The molecule has 1 saturated carbocycles. The summed E-state index contributed by atoms with van der Waals surface area (Å²) in [5.41, 5.74) is 0. The highest BCUT2D eigenvalue weighted by molar-refractivity contribution is 5.02. The fourth-order valence-corrected chi connectivity index (χ4v) is 1.61. The Hall–Kier alpha value is -1.04. The fraction of sp³-hybridized carbons (Fsp3) is 0.625. The summed E-state index contributed by atoms with van der Waals surface area (Å²) in [5, 5.41) is 9.00. The van der Waals surface area contributed by atoms with E-state index in [4.69, 9.17) is 5.11 Å². The van der Waals surface area contributed by atoms with Gasteiger partial charge >= 0.3 is 6.18 Å². The summed E-state index contributed by atoms with van der Waals surface area (Å²) in [6.45, 7) is 0. The van der Waals surface area contributed by atoms with E-state index in [-0.39, 0.29) is 6.04 Å². The van der Waals surface area contributed by atoms with E-state index in [1.807, 2.05) is 0 Å². The van der Waals surface area contributed by atoms with E-state index in [0.29, 0.717) is 12.8 Å². The van der Waals surface area contributed by atoms with Crippen molar-refractivity contribution in [3.8, 4) is 0 Å². The summed E-state index contributed by atoms with van der Waals surface area (Å²) < 4.78 is 38.2. The fourth-order valence-electron chi connectivity index (χ4n) is 1.61. The number of hydrogen-bond acceptors (Lipinski definition) is 2. The number of hydrogen-bond donors (Lipinski definition) is 1. The molecule has 0 saturated heterocycles. The van der Waals surface area contributed by atoms with Crippen LogP contribution in [0.1, 0.15) is 24.7 Å². The lowest BCUT2D eigenvalue weighted by atomic mass is 9.89. The van der Waals surface area contributed by atoms with E-state index in [1.165, 1.54) is 6.20 Å². The first-order chi connectivity index (χ1) is 6.48. The molecule has 2 rings (SSSR count). The van der Waals surface area contributed by atoms with Crippen molar-refractivity contribution >= 4 is 0 Å². The zero-order valence-electron chi connectivity index (χ0n) is 7.20. The van der Waals surface area contributed by atoms with Gasteiger partial charge in [0, 0.05) is 18.4 Å². The third kappa shape index (κ3) is 1.50. The molecular formula is C8H9F3N2O. The highest BCUT2D eigenvalue weighted by Crippen LogP contribution is 2.37. The van der Waals surface area contributed by atoms with E-state index in [1.54, 1.807) is 0 Å². The van der Waals surface area contributed by atoms with Crippen LogP contribution in [0.25, 0.3) is 0 Å². The zero-order chi connectivity index (χ0) is 10.3. The second-order valence-corrected chi connectivity index (χ2v) is 3.43. The number of alkyl halides is 3. The van der Waals surface area contributed by atoms with Gasteiger partial charge in [-0.2, -0.15) is 13.2 Å². The molecule has 1 heterocycles. The summed E-state index contributed by atoms with van der Waals surface area (Å²) in [4.78, 5) is 3.27. The average Bonchev–Trinajstić information content (AvgIpc) is 2.44. The molecule has 3 nitrogen and oxygen atoms in total. The van der Waals surface area contributed by atoms with Crippen molar-refractivity contribution < 1.29 is 18.3 Å². The van der Waals surface area contributed by atoms with Gasteiger partial charge in [0.25, 0.3) is 0 Å². The van der Waals surface area contributed by atoms with Crippen molar-refractivity contribution in [3.05, 3.63) is 18.2 Å². The normalized spacial score (nSPS) is 27.4. The van der Waals surface area contributed by atoms with Gasteiger partial charge in [0.2, 0.25) is 5.82 Å². The molecule has 0 bridgehead atoms. The van der Waals surface area contributed by atoms with Crippen LogP contribution in [-0.4, -0.2) is 20.8 Å². The minimum atomic E-state index is -4.41. The predicted octanol–water partition coefficient (Wildman–Crippen LogP) is 1.60. The van der Waals surface area contributed by atoms with Gasteiger partial charge in [-0.15, -0.1) is 0 Å². The van der Waals surface area contributed by atoms with E-state index in [9.17, 15) is 13.2 Å². The highest BCUT2D eigenvalue weighted by Gasteiger charge is 2.40. The van der Waals surface area contributed by atoms with Gasteiger partial charge in [-0.05, 0) is 12.8 Å². The number of halogens is 3. The molecule has 0 amide bonds. The van der Waals surface area contributed by atoms with Crippen LogP contribution in [0.3, 0.4) is 0 Å². The first kappa shape index (κ1) is 9.51. The molecule has 0 aromatic carbocycles. The Labute approximate surface area is 78.2 Å². The lowest BCUT2D eigenvalue weighted by Crippen LogP contribution is -2.32. The van der Waals surface area contributed by atoms with Crippen LogP contribution in [0, 0.1) is 0 Å². The quantitative estimate of drug-likeness (QED) is 0.757. The molecule has 6 heteroatoms. The van der Waals surface area contributed by atoms with Gasteiger partial charge in [0.1, 0.15) is 0 Å². The maximum Gasteiger partial charge on any atom is 0.449 e. The van der Waals surface area contributed by atoms with Crippen molar-refractivity contribution in [2.75, 3.05) is 0 Å². The van der Waals surface area contributed by atoms with E-state index >= 15 is 0 Å². The van der Waals surface area contributed by atoms with Gasteiger partial charge in [-0.25, -0.2) is 4.98 Å². The molecule has 1 aromatic rings. The molecule has 1 aromatic heterocycles. The predicted molar refractivity (Wildman–Crippen MR) is 41.5 cm³/mol. The zero-order valence-corrected chi connectivity index (χ0v) is 7.20. The summed E-state index contributed by atoms with van der Waals surface area (Å²) >= 11 is 0. The first-order valence-corrected chi connectivity index (χ1v) is 4.26. The molecule has 1 N–H and O–H groups in total. The monoisotopic (exact) mass is 206 g/mol. The SMILES string of the molecule is OC1CC(n2ccnc2C(F)(F)F)C1. The Morgan fingerprint density at radius 1 is 1.43 bits per heavy atom. The Morgan fingerprint density at radius 3 is 2.57 bits per heavy atom. The van der Waals surface area contributed by atoms with Crippen LogP contribution in [0.5, 0.6) is 0 Å². The Morgan fingerprint density at radius 2 is 2.07 bits per heavy atom. The molecule has 0 spiro atoms. The van der Waals surface area contributed by atoms with Crippen molar-refractivity contribution in [2.45, 2.75) is 31.2 Å². The second kappa shape index (κ2) is 2.98. The van der Waals surface area contributed by atoms with Gasteiger partial charge in [-0.1, -0.05) is 0 Å². The smallest absolute Gasteiger partial charge is 0.393 e. The molecule has 1 aliphatic rings. The minimum Gasteiger partial charge on any atom is -0.393 e. The van der Waals surface area contributed by atoms with Gasteiger partial charge in [-0.3, -0.25) is 0 Å². The molecule has 0 atom stereocenters. The molecule has 0 unspecified atom stereocenters. The van der Waals surface area contributed by atoms with Crippen LogP contribution >= 0.6 is 0 Å². The molecule has 14 heavy (non-hydrogen) atoms. The minimum absolute atomic E-state index is 0.260. The molecule has 78 valence electrons. The largest absolute Gasteiger partial charge is 0.449 e. The summed E-state index contributed by atoms with van der Waals surface area (Å²) in [7, 11) is 0. The topological polar surface area (TPSA) is 38.0 Å². The third-order valence-corrected chi connectivity index (χ3v) is 2.40. The number of imidazole rings is 1. The van der Waals surface area contributed by atoms with Crippen LogP contribution in [0.15, 0.2) is 12.4 Å². The number of nitrogens with zero attached hydrogens (tertiary/aromatic N) is 2. The number of aromatic nitrogens is 2. The van der Waals surface area contributed by atoms with Crippen molar-refractivity contribution in [1.29, 1.82) is 0 Å². The van der Waals surface area contributed by atoms with Crippen molar-refractivity contribution in [3.63, 3.8) is 0 Å². The lowest BCUT2D eigenvalue weighted by Gasteiger charge is -2.33. The molecule has 0 radical (unpaired) electrons. The first-order valence-electron chi connectivity index (χ1n) is 4.26. The van der Waals surface area contributed by atoms with Crippen molar-refractivity contribution in [1.82, 2.24) is 9.55 Å². The van der Waals surface area contributed by atoms with Crippen LogP contribution in [0.4, 0.5) is 13.2 Å². The summed E-state index contributed by atoms with van der Waals surface area (Å²) in [6, 6.07) is -0.260. The molecule has 0 aliphatic heterocycles. The lowest BCUT2D eigenvalue weighted by molar-refractivity contribution is -0.149. The van der Waals surface area contributed by atoms with E-state index in [2.05, 4.69) is 4.98 Å². The number of rotatable bonds is 1. The summed E-state index contributed by atoms with van der Waals surface area (Å²) in [5.74, 6) is -0.880. The standard InChI is InChI=1S/C8H9F3N2O/c9-8(10,11)7-12-1-2-13(7)5-3-6(14)4-5/h1-2,5-6,14H,3-4H2. The van der Waals surface area contributed by atoms with Gasteiger partial charge < -0.3 is 9.67 Å².